The summed E-state index contributed by atoms with van der Waals surface area (Å²) in [6.07, 6.45) is -0.539. The summed E-state index contributed by atoms with van der Waals surface area (Å²) in [6, 6.07) is 6.39. The minimum Gasteiger partial charge on any atom is -0.444 e. The Morgan fingerprint density at radius 1 is 1.21 bits per heavy atom. The van der Waals surface area contributed by atoms with Gasteiger partial charge in [0.15, 0.2) is 0 Å². The summed E-state index contributed by atoms with van der Waals surface area (Å²) in [7, 11) is 1.47. The lowest BCUT2D eigenvalue weighted by Gasteiger charge is -2.19. The molecule has 2 amide bonds. The van der Waals surface area contributed by atoms with Crippen LogP contribution in [-0.2, 0) is 4.74 Å². The first-order valence-corrected chi connectivity index (χ1v) is 5.82. The number of nitrogens with two attached hydrogens (primary N) is 1. The van der Waals surface area contributed by atoms with Crippen molar-refractivity contribution < 1.29 is 14.3 Å². The molecule has 0 saturated carbocycles. The molecule has 0 aliphatic heterocycles. The fraction of sp³-hybridized carbons (Fsp3) is 0.385. The summed E-state index contributed by atoms with van der Waals surface area (Å²) in [5, 5.41) is 3.57. The standard InChI is InChI=1S/C13H19N3O3/c1-13(2,3)19-12(18)15-10-7-5-9(6-8-10)11(17)16(4)14/h5-8H,14H2,1-4H3,(H,15,18). The number of nitrogens with zero attached hydrogens (tertiary/aromatic N) is 1. The van der Waals surface area contributed by atoms with Crippen molar-refractivity contribution in [2.45, 2.75) is 26.4 Å². The molecule has 0 aliphatic carbocycles. The highest BCUT2D eigenvalue weighted by Gasteiger charge is 2.16. The lowest BCUT2D eigenvalue weighted by atomic mass is 10.2. The third-order valence-electron chi connectivity index (χ3n) is 2.10. The molecular formula is C13H19N3O3. The van der Waals surface area contributed by atoms with Gasteiger partial charge in [-0.2, -0.15) is 0 Å². The lowest BCUT2D eigenvalue weighted by molar-refractivity contribution is 0.0635. The Labute approximate surface area is 112 Å². The van der Waals surface area contributed by atoms with Crippen LogP contribution in [0.15, 0.2) is 24.3 Å². The fourth-order valence-corrected chi connectivity index (χ4v) is 1.32. The zero-order chi connectivity index (χ0) is 14.6. The number of hydrazine groups is 1. The van der Waals surface area contributed by atoms with Gasteiger partial charge in [-0.05, 0) is 45.0 Å². The summed E-state index contributed by atoms with van der Waals surface area (Å²) in [5.74, 6) is 5.05. The summed E-state index contributed by atoms with van der Waals surface area (Å²) < 4.78 is 5.11. The third-order valence-corrected chi connectivity index (χ3v) is 2.10. The number of carbonyl (C=O) groups excluding carboxylic acids is 2. The highest BCUT2D eigenvalue weighted by molar-refractivity contribution is 5.94. The molecule has 3 N–H and O–H groups in total. The maximum atomic E-state index is 11.6. The van der Waals surface area contributed by atoms with E-state index in [4.69, 9.17) is 10.6 Å². The number of carbonyl (C=O) groups is 2. The van der Waals surface area contributed by atoms with Crippen LogP contribution in [0.2, 0.25) is 0 Å². The minimum atomic E-state index is -0.553. The molecule has 0 radical (unpaired) electrons. The largest absolute Gasteiger partial charge is 0.444 e. The van der Waals surface area contributed by atoms with Crippen LogP contribution in [0.1, 0.15) is 31.1 Å². The molecule has 1 aromatic carbocycles. The van der Waals surface area contributed by atoms with Gasteiger partial charge in [-0.3, -0.25) is 15.1 Å². The minimum absolute atomic E-state index is 0.302. The zero-order valence-corrected chi connectivity index (χ0v) is 11.6. The summed E-state index contributed by atoms with van der Waals surface area (Å²) >= 11 is 0. The zero-order valence-electron chi connectivity index (χ0n) is 11.6. The number of hydrogen-bond donors (Lipinski definition) is 2. The van der Waals surface area contributed by atoms with Gasteiger partial charge >= 0.3 is 6.09 Å². The number of ether oxygens (including phenoxy) is 1. The van der Waals surface area contributed by atoms with Crippen molar-refractivity contribution in [3.63, 3.8) is 0 Å². The molecule has 0 atom stereocenters. The summed E-state index contributed by atoms with van der Waals surface area (Å²) in [5.41, 5.74) is 0.438. The van der Waals surface area contributed by atoms with E-state index in [-0.39, 0.29) is 5.91 Å². The Hall–Kier alpha value is -2.08. The average Bonchev–Trinajstić information content (AvgIpc) is 2.26. The van der Waals surface area contributed by atoms with Crippen molar-refractivity contribution in [1.29, 1.82) is 0 Å². The molecule has 6 heteroatoms. The van der Waals surface area contributed by atoms with Gasteiger partial charge in [0, 0.05) is 18.3 Å². The second-order valence-electron chi connectivity index (χ2n) is 5.12. The molecule has 0 bridgehead atoms. The molecule has 104 valence electrons. The van der Waals surface area contributed by atoms with E-state index in [1.165, 1.54) is 7.05 Å². The number of hydrogen-bond acceptors (Lipinski definition) is 4. The van der Waals surface area contributed by atoms with Crippen molar-refractivity contribution >= 4 is 17.7 Å². The lowest BCUT2D eigenvalue weighted by Crippen LogP contribution is -2.33. The normalized spacial score (nSPS) is 10.8. The van der Waals surface area contributed by atoms with Crippen LogP contribution >= 0.6 is 0 Å². The maximum Gasteiger partial charge on any atom is 0.412 e. The predicted octanol–water partition coefficient (Wildman–Crippen LogP) is 1.98. The second-order valence-corrected chi connectivity index (χ2v) is 5.12. The Bertz CT molecular complexity index is 461. The molecule has 0 unspecified atom stereocenters. The molecule has 1 aromatic rings. The quantitative estimate of drug-likeness (QED) is 0.486. The number of benzene rings is 1. The molecule has 0 saturated heterocycles. The summed E-state index contributed by atoms with van der Waals surface area (Å²) in [4.78, 5) is 23.1. The second kappa shape index (κ2) is 5.71. The van der Waals surface area contributed by atoms with E-state index in [0.29, 0.717) is 11.3 Å². The van der Waals surface area contributed by atoms with Crippen molar-refractivity contribution in [2.24, 2.45) is 5.84 Å². The Morgan fingerprint density at radius 2 is 1.74 bits per heavy atom. The van der Waals surface area contributed by atoms with E-state index >= 15 is 0 Å². The molecule has 0 heterocycles. The molecular weight excluding hydrogens is 246 g/mol. The van der Waals surface area contributed by atoms with Crippen molar-refractivity contribution in [1.82, 2.24) is 5.01 Å². The van der Waals surface area contributed by atoms with Gasteiger partial charge in [0.25, 0.3) is 5.91 Å². The van der Waals surface area contributed by atoms with Crippen LogP contribution < -0.4 is 11.2 Å². The van der Waals surface area contributed by atoms with Gasteiger partial charge in [0.2, 0.25) is 0 Å². The Kier molecular flexibility index (Phi) is 4.50. The highest BCUT2D eigenvalue weighted by Crippen LogP contribution is 2.13. The van der Waals surface area contributed by atoms with Crippen LogP contribution in [-0.4, -0.2) is 29.7 Å². The van der Waals surface area contributed by atoms with Crippen LogP contribution in [0, 0.1) is 0 Å². The van der Waals surface area contributed by atoms with Gasteiger partial charge in [0.05, 0.1) is 0 Å². The first kappa shape index (κ1) is 15.0. The average molecular weight is 265 g/mol. The van der Waals surface area contributed by atoms with Crippen molar-refractivity contribution in [3.05, 3.63) is 29.8 Å². The smallest absolute Gasteiger partial charge is 0.412 e. The van der Waals surface area contributed by atoms with E-state index in [1.807, 2.05) is 0 Å². The monoisotopic (exact) mass is 265 g/mol. The van der Waals surface area contributed by atoms with Crippen molar-refractivity contribution in [3.8, 4) is 0 Å². The molecule has 0 fully saturated rings. The van der Waals surface area contributed by atoms with E-state index in [2.05, 4.69) is 5.32 Å². The van der Waals surface area contributed by atoms with E-state index in [0.717, 1.165) is 5.01 Å². The third kappa shape index (κ3) is 4.97. The maximum absolute atomic E-state index is 11.6. The number of amides is 2. The van der Waals surface area contributed by atoms with Gasteiger partial charge in [-0.15, -0.1) is 0 Å². The van der Waals surface area contributed by atoms with Crippen LogP contribution in [0.4, 0.5) is 10.5 Å². The van der Waals surface area contributed by atoms with E-state index in [9.17, 15) is 9.59 Å². The first-order valence-electron chi connectivity index (χ1n) is 5.82. The first-order chi connectivity index (χ1) is 8.69. The van der Waals surface area contributed by atoms with E-state index < -0.39 is 11.7 Å². The SMILES string of the molecule is CN(N)C(=O)c1ccc(NC(=O)OC(C)(C)C)cc1. The predicted molar refractivity (Wildman–Crippen MR) is 72.6 cm³/mol. The topological polar surface area (TPSA) is 84.7 Å². The number of nitrogens with one attached hydrogen (secondary N) is 1. The Balaban J connectivity index is 2.67. The molecule has 1 rings (SSSR count). The summed E-state index contributed by atoms with van der Waals surface area (Å²) in [6.45, 7) is 5.35. The Morgan fingerprint density at radius 3 is 2.16 bits per heavy atom. The number of anilines is 1. The van der Waals surface area contributed by atoms with Crippen LogP contribution in [0.5, 0.6) is 0 Å². The molecule has 0 aliphatic rings. The van der Waals surface area contributed by atoms with E-state index in [1.54, 1.807) is 45.0 Å². The van der Waals surface area contributed by atoms with Gasteiger partial charge in [-0.25, -0.2) is 10.6 Å². The molecule has 19 heavy (non-hydrogen) atoms. The number of rotatable bonds is 2. The van der Waals surface area contributed by atoms with Gasteiger partial charge in [0.1, 0.15) is 5.60 Å². The molecule has 0 spiro atoms. The van der Waals surface area contributed by atoms with Crippen LogP contribution in [0.3, 0.4) is 0 Å². The van der Waals surface area contributed by atoms with Crippen molar-refractivity contribution in [2.75, 3.05) is 12.4 Å². The molecule has 6 nitrogen and oxygen atoms in total. The van der Waals surface area contributed by atoms with Crippen LogP contribution in [0.25, 0.3) is 0 Å². The fourth-order valence-electron chi connectivity index (χ4n) is 1.32. The van der Waals surface area contributed by atoms with Gasteiger partial charge < -0.3 is 4.74 Å². The molecule has 0 aromatic heterocycles. The highest BCUT2D eigenvalue weighted by atomic mass is 16.6. The van der Waals surface area contributed by atoms with Gasteiger partial charge in [-0.1, -0.05) is 0 Å².